The maximum Gasteiger partial charge on any atom is 0.103 e. The van der Waals surface area contributed by atoms with Gasteiger partial charge < -0.3 is 43.8 Å². The predicted octanol–water partition coefficient (Wildman–Crippen LogP) is 0.297. The maximum atomic E-state index is 2.89. The molecule has 1 fully saturated rings. The van der Waals surface area contributed by atoms with Crippen LogP contribution in [0.15, 0.2) is 121 Å². The van der Waals surface area contributed by atoms with Gasteiger partial charge in [-0.3, -0.25) is 9.80 Å². The van der Waals surface area contributed by atoms with Gasteiger partial charge in [-0.2, -0.15) is 0 Å². The van der Waals surface area contributed by atoms with E-state index in [0.717, 1.165) is 65.2 Å². The highest BCUT2D eigenvalue weighted by Crippen LogP contribution is 2.16. The van der Waals surface area contributed by atoms with Crippen molar-refractivity contribution in [3.05, 3.63) is 144 Å². The largest absolute Gasteiger partial charge is 1.00 e. The monoisotopic (exact) mass is 804 g/mol. The lowest BCUT2D eigenvalue weighted by Gasteiger charge is -2.43. The third kappa shape index (κ3) is 12.4. The van der Waals surface area contributed by atoms with E-state index in [0.29, 0.717) is 24.2 Å². The zero-order valence-corrected chi connectivity index (χ0v) is 34.2. The van der Waals surface area contributed by atoms with Gasteiger partial charge in [-0.15, -0.1) is 0 Å². The highest BCUT2D eigenvalue weighted by Gasteiger charge is 2.36. The number of nitrogens with zero attached hydrogens (tertiary/aromatic N) is 2. The summed E-state index contributed by atoms with van der Waals surface area (Å²) in [6, 6.07) is 47.1. The van der Waals surface area contributed by atoms with E-state index in [4.69, 9.17) is 0 Å². The van der Waals surface area contributed by atoms with E-state index in [1.807, 2.05) is 0 Å². The highest BCUT2D eigenvalue weighted by atomic mass is 79.9. The molecule has 5 rings (SSSR count). The number of hydrogen-bond donors (Lipinski definition) is 2. The van der Waals surface area contributed by atoms with Crippen LogP contribution >= 0.6 is 0 Å². The Hall–Kier alpha value is -2.32. The van der Waals surface area contributed by atoms with Crippen molar-refractivity contribution in [1.29, 1.82) is 0 Å². The molecule has 4 aromatic carbocycles. The summed E-state index contributed by atoms with van der Waals surface area (Å²) in [5, 5.41) is 0. The lowest BCUT2D eigenvalue weighted by atomic mass is 10.0. The average Bonchev–Trinajstić information content (AvgIpc) is 3.13. The Morgan fingerprint density at radius 3 is 1.02 bits per heavy atom. The van der Waals surface area contributed by atoms with E-state index < -0.39 is 0 Å². The normalized spacial score (nSPS) is 23.8. The van der Waals surface area contributed by atoms with Crippen LogP contribution in [-0.4, -0.2) is 60.1 Å². The molecule has 1 saturated heterocycles. The summed E-state index contributed by atoms with van der Waals surface area (Å²) in [4.78, 5) is 9.25. The zero-order chi connectivity index (χ0) is 33.6. The van der Waals surface area contributed by atoms with Crippen LogP contribution in [0.1, 0.15) is 75.6 Å². The number of hydrogen-bond acceptors (Lipinski definition) is 2. The molecule has 0 amide bonds. The van der Waals surface area contributed by atoms with Crippen LogP contribution in [0.5, 0.6) is 0 Å². The van der Waals surface area contributed by atoms with Crippen molar-refractivity contribution in [2.24, 2.45) is 0 Å². The molecule has 1 heterocycles. The van der Waals surface area contributed by atoms with E-state index in [9.17, 15) is 0 Å². The quantitative estimate of drug-likeness (QED) is 0.215. The predicted molar refractivity (Wildman–Crippen MR) is 202 cm³/mol. The summed E-state index contributed by atoms with van der Waals surface area (Å²) in [5.41, 5.74) is 5.77. The Labute approximate surface area is 325 Å². The molecular weight excluding hydrogens is 744 g/mol. The highest BCUT2D eigenvalue weighted by molar-refractivity contribution is 5.17. The first-order valence-electron chi connectivity index (χ1n) is 18.9. The van der Waals surface area contributed by atoms with E-state index in [1.54, 1.807) is 9.80 Å². The molecule has 4 aromatic rings. The first-order chi connectivity index (χ1) is 23.6. The number of halogens is 2. The molecule has 50 heavy (non-hydrogen) atoms. The van der Waals surface area contributed by atoms with Crippen LogP contribution in [0.3, 0.4) is 0 Å². The summed E-state index contributed by atoms with van der Waals surface area (Å²) >= 11 is 0. The Morgan fingerprint density at radius 1 is 0.440 bits per heavy atom. The fourth-order valence-electron chi connectivity index (χ4n) is 8.13. The SMILES string of the molecule is CC[C@@H]1C[NH+](Cc2ccccc2)[C@H](CC)CN(Cc2ccccc2)[C@H](CC)C[NH+](Cc2ccccc2)[C@H](CC)CN1Cc1ccccc1.[Br-].[Br-]. The Kier molecular flexibility index (Phi) is 19.0. The molecule has 6 atom stereocenters. The van der Waals surface area contributed by atoms with Crippen LogP contribution in [-0.2, 0) is 26.2 Å². The average molecular weight is 807 g/mol. The Bertz CT molecular complexity index is 1200. The summed E-state index contributed by atoms with van der Waals surface area (Å²) < 4.78 is 0. The van der Waals surface area contributed by atoms with Crippen molar-refractivity contribution in [1.82, 2.24) is 9.80 Å². The molecular formula is C44H62Br2N4. The van der Waals surface area contributed by atoms with Crippen LogP contribution in [0.2, 0.25) is 0 Å². The van der Waals surface area contributed by atoms with Crippen molar-refractivity contribution in [3.63, 3.8) is 0 Å². The minimum absolute atomic E-state index is 0. The van der Waals surface area contributed by atoms with E-state index in [2.05, 4.69) is 159 Å². The third-order valence-corrected chi connectivity index (χ3v) is 11.0. The second-order valence-electron chi connectivity index (χ2n) is 14.2. The fourth-order valence-corrected chi connectivity index (χ4v) is 8.13. The summed E-state index contributed by atoms with van der Waals surface area (Å²) in [7, 11) is 0. The topological polar surface area (TPSA) is 15.4 Å². The first-order valence-corrected chi connectivity index (χ1v) is 18.9. The van der Waals surface area contributed by atoms with Crippen LogP contribution in [0, 0.1) is 0 Å². The zero-order valence-electron chi connectivity index (χ0n) is 31.0. The maximum absolute atomic E-state index is 2.89. The molecule has 1 aliphatic rings. The van der Waals surface area contributed by atoms with Gasteiger partial charge in [0.2, 0.25) is 0 Å². The molecule has 2 unspecified atom stereocenters. The molecule has 2 N–H and O–H groups in total. The van der Waals surface area contributed by atoms with Crippen molar-refractivity contribution >= 4 is 0 Å². The summed E-state index contributed by atoms with van der Waals surface area (Å²) in [6.07, 6.45) is 4.68. The van der Waals surface area contributed by atoms with E-state index in [-0.39, 0.29) is 34.0 Å². The molecule has 0 aliphatic carbocycles. The minimum atomic E-state index is 0. The van der Waals surface area contributed by atoms with Gasteiger partial charge in [-0.25, -0.2) is 0 Å². The van der Waals surface area contributed by atoms with Crippen molar-refractivity contribution in [3.8, 4) is 0 Å². The molecule has 272 valence electrons. The van der Waals surface area contributed by atoms with Gasteiger partial charge in [-0.1, -0.05) is 149 Å². The second kappa shape index (κ2) is 22.6. The second-order valence-corrected chi connectivity index (χ2v) is 14.2. The van der Waals surface area contributed by atoms with E-state index in [1.165, 1.54) is 35.1 Å². The van der Waals surface area contributed by atoms with Crippen LogP contribution in [0.4, 0.5) is 0 Å². The minimum Gasteiger partial charge on any atom is -1.00 e. The standard InChI is InChI=1S/C44H60N4.2BrH/c1-5-41-33-46(30-38-23-15-10-16-24-38)43(7-3)35-48(32-40-27-19-12-20-28-40)44(8-4)36-47(31-39-25-17-11-18-26-39)42(6-2)34-45(41)29-37-21-13-9-14-22-37;;/h9-28,41-44H,5-8,29-36H2,1-4H3;2*1H/t41-,42-,43-,44-;;/m1../s1. The fraction of sp³-hybridized carbons (Fsp3) is 0.455. The van der Waals surface area contributed by atoms with Crippen LogP contribution < -0.4 is 43.8 Å². The van der Waals surface area contributed by atoms with Gasteiger partial charge in [0.15, 0.2) is 0 Å². The molecule has 0 spiro atoms. The van der Waals surface area contributed by atoms with Gasteiger partial charge in [0.05, 0.1) is 38.3 Å². The van der Waals surface area contributed by atoms with E-state index >= 15 is 0 Å². The van der Waals surface area contributed by atoms with Gasteiger partial charge in [0, 0.05) is 24.2 Å². The Morgan fingerprint density at radius 2 is 0.740 bits per heavy atom. The lowest BCUT2D eigenvalue weighted by molar-refractivity contribution is -0.946. The van der Waals surface area contributed by atoms with Gasteiger partial charge in [-0.05, 0) is 36.8 Å². The van der Waals surface area contributed by atoms with Crippen LogP contribution in [0.25, 0.3) is 0 Å². The van der Waals surface area contributed by atoms with Gasteiger partial charge >= 0.3 is 0 Å². The Balaban J connectivity index is 0.00000338. The third-order valence-electron chi connectivity index (χ3n) is 11.0. The summed E-state index contributed by atoms with van der Waals surface area (Å²) in [6.45, 7) is 18.5. The molecule has 0 bridgehead atoms. The lowest BCUT2D eigenvalue weighted by Crippen LogP contribution is -3.18. The van der Waals surface area contributed by atoms with Crippen molar-refractivity contribution < 1.29 is 43.8 Å². The molecule has 6 heteroatoms. The summed E-state index contributed by atoms with van der Waals surface area (Å²) in [5.74, 6) is 0. The molecule has 4 nitrogen and oxygen atoms in total. The number of nitrogens with one attached hydrogen (secondary N) is 2. The number of rotatable bonds is 12. The molecule has 0 radical (unpaired) electrons. The van der Waals surface area contributed by atoms with Gasteiger partial charge in [0.1, 0.15) is 25.2 Å². The smallest absolute Gasteiger partial charge is 0.103 e. The number of benzene rings is 4. The van der Waals surface area contributed by atoms with Gasteiger partial charge in [0.25, 0.3) is 0 Å². The molecule has 1 aliphatic heterocycles. The number of quaternary nitrogens is 2. The molecule has 0 saturated carbocycles. The molecule has 0 aromatic heterocycles. The van der Waals surface area contributed by atoms with Crippen molar-refractivity contribution in [2.75, 3.05) is 26.2 Å². The first kappa shape index (κ1) is 42.1. The van der Waals surface area contributed by atoms with Crippen molar-refractivity contribution in [2.45, 2.75) is 104 Å².